The average molecular weight is 318 g/mol. The minimum absolute atomic E-state index is 0.137. The fraction of sp³-hybridized carbons (Fsp3) is 0.412. The third-order valence-electron chi connectivity index (χ3n) is 3.78. The number of carbonyl (C=O) groups is 2. The van der Waals surface area contributed by atoms with Crippen molar-refractivity contribution in [3.63, 3.8) is 0 Å². The van der Waals surface area contributed by atoms with Gasteiger partial charge in [0.2, 0.25) is 0 Å². The van der Waals surface area contributed by atoms with Crippen molar-refractivity contribution >= 4 is 17.6 Å². The van der Waals surface area contributed by atoms with Crippen molar-refractivity contribution in [3.8, 4) is 0 Å². The lowest BCUT2D eigenvalue weighted by molar-refractivity contribution is -0.136. The van der Waals surface area contributed by atoms with Gasteiger partial charge in [0.1, 0.15) is 5.70 Å². The van der Waals surface area contributed by atoms with Crippen LogP contribution in [-0.2, 0) is 14.3 Å². The van der Waals surface area contributed by atoms with E-state index in [2.05, 4.69) is 19.2 Å². The van der Waals surface area contributed by atoms with E-state index in [-0.39, 0.29) is 36.9 Å². The molecule has 6 heteroatoms. The molecule has 23 heavy (non-hydrogen) atoms. The van der Waals surface area contributed by atoms with Crippen LogP contribution in [0.1, 0.15) is 25.3 Å². The monoisotopic (exact) mass is 318 g/mol. The third kappa shape index (κ3) is 3.71. The number of aliphatic hydroxyl groups excluding tert-OH is 1. The van der Waals surface area contributed by atoms with E-state index in [0.717, 1.165) is 11.3 Å². The highest BCUT2D eigenvalue weighted by Crippen LogP contribution is 2.24. The zero-order chi connectivity index (χ0) is 17.0. The smallest absolute Gasteiger partial charge is 0.337 e. The van der Waals surface area contributed by atoms with E-state index in [4.69, 9.17) is 9.84 Å². The summed E-state index contributed by atoms with van der Waals surface area (Å²) in [5.74, 6) is -0.494. The Kier molecular flexibility index (Phi) is 5.39. The number of methoxy groups -OCH3 is 1. The van der Waals surface area contributed by atoms with E-state index < -0.39 is 5.97 Å². The van der Waals surface area contributed by atoms with Gasteiger partial charge in [0, 0.05) is 12.2 Å². The maximum atomic E-state index is 12.4. The summed E-state index contributed by atoms with van der Waals surface area (Å²) in [6, 6.07) is 7.71. The Bertz CT molecular complexity index is 637. The van der Waals surface area contributed by atoms with Crippen LogP contribution in [0.5, 0.6) is 0 Å². The number of β-amino-alcohol motifs (C(OH)–C–C–N with tert-alkyl or cyclic N) is 1. The van der Waals surface area contributed by atoms with Crippen LogP contribution in [0.25, 0.3) is 0 Å². The largest absolute Gasteiger partial charge is 0.466 e. The molecule has 0 fully saturated rings. The molecule has 1 amide bonds. The number of nitrogens with one attached hydrogen (secondary N) is 1. The lowest BCUT2D eigenvalue weighted by Gasteiger charge is -2.15. The number of ether oxygens (including phenoxy) is 1. The Labute approximate surface area is 135 Å². The van der Waals surface area contributed by atoms with Crippen molar-refractivity contribution in [2.75, 3.05) is 32.1 Å². The zero-order valence-corrected chi connectivity index (χ0v) is 13.6. The molecule has 0 radical (unpaired) electrons. The van der Waals surface area contributed by atoms with Gasteiger partial charge in [0.25, 0.3) is 5.91 Å². The maximum Gasteiger partial charge on any atom is 0.337 e. The summed E-state index contributed by atoms with van der Waals surface area (Å²) < 4.78 is 4.76. The molecule has 0 aromatic heterocycles. The van der Waals surface area contributed by atoms with Gasteiger partial charge >= 0.3 is 5.97 Å². The van der Waals surface area contributed by atoms with Crippen LogP contribution in [0, 0.1) is 0 Å². The van der Waals surface area contributed by atoms with Crippen LogP contribution in [0.3, 0.4) is 0 Å². The van der Waals surface area contributed by atoms with E-state index in [0.29, 0.717) is 5.92 Å². The summed E-state index contributed by atoms with van der Waals surface area (Å²) in [5.41, 5.74) is 2.37. The standard InChI is InChI=1S/C17H22N2O4/c1-11(2)12-5-4-6-13(9-12)18-15-14(17(22)23-3)10-19(7-8-20)16(15)21/h4-6,9,11,18,20H,7-8,10H2,1-3H3. The number of aliphatic hydroxyl groups is 1. The summed E-state index contributed by atoms with van der Waals surface area (Å²) in [7, 11) is 1.28. The van der Waals surface area contributed by atoms with Gasteiger partial charge < -0.3 is 20.1 Å². The molecule has 1 aromatic carbocycles. The van der Waals surface area contributed by atoms with Gasteiger partial charge in [-0.3, -0.25) is 4.79 Å². The van der Waals surface area contributed by atoms with Gasteiger partial charge in [-0.15, -0.1) is 0 Å². The Hall–Kier alpha value is -2.34. The van der Waals surface area contributed by atoms with Gasteiger partial charge in [0.15, 0.2) is 0 Å². The molecule has 6 nitrogen and oxygen atoms in total. The number of anilines is 1. The number of benzene rings is 1. The highest BCUT2D eigenvalue weighted by atomic mass is 16.5. The molecule has 1 aliphatic heterocycles. The van der Waals surface area contributed by atoms with Gasteiger partial charge in [-0.1, -0.05) is 26.0 Å². The first-order valence-corrected chi connectivity index (χ1v) is 7.56. The predicted octanol–water partition coefficient (Wildman–Crippen LogP) is 1.48. The average Bonchev–Trinajstić information content (AvgIpc) is 2.84. The van der Waals surface area contributed by atoms with E-state index >= 15 is 0 Å². The summed E-state index contributed by atoms with van der Waals surface area (Å²) in [5, 5.41) is 12.1. The topological polar surface area (TPSA) is 78.9 Å². The molecule has 0 atom stereocenters. The second-order valence-electron chi connectivity index (χ2n) is 5.70. The first kappa shape index (κ1) is 17.0. The first-order chi connectivity index (χ1) is 11.0. The number of carbonyl (C=O) groups excluding carboxylic acids is 2. The second-order valence-corrected chi connectivity index (χ2v) is 5.70. The molecule has 2 rings (SSSR count). The predicted molar refractivity (Wildman–Crippen MR) is 86.9 cm³/mol. The molecule has 1 aliphatic rings. The van der Waals surface area contributed by atoms with Crippen molar-refractivity contribution in [1.82, 2.24) is 4.90 Å². The first-order valence-electron chi connectivity index (χ1n) is 7.56. The van der Waals surface area contributed by atoms with Gasteiger partial charge in [-0.25, -0.2) is 4.79 Å². The van der Waals surface area contributed by atoms with Crippen LogP contribution >= 0.6 is 0 Å². The molecule has 0 unspecified atom stereocenters. The van der Waals surface area contributed by atoms with Crippen LogP contribution in [-0.4, -0.2) is 48.7 Å². The van der Waals surface area contributed by atoms with E-state index in [1.807, 2.05) is 24.3 Å². The lowest BCUT2D eigenvalue weighted by atomic mass is 10.0. The van der Waals surface area contributed by atoms with Crippen molar-refractivity contribution in [1.29, 1.82) is 0 Å². The minimum Gasteiger partial charge on any atom is -0.466 e. The molecular weight excluding hydrogens is 296 g/mol. The third-order valence-corrected chi connectivity index (χ3v) is 3.78. The Morgan fingerprint density at radius 1 is 1.43 bits per heavy atom. The summed E-state index contributed by atoms with van der Waals surface area (Å²) in [4.78, 5) is 25.8. The van der Waals surface area contributed by atoms with Crippen molar-refractivity contribution < 1.29 is 19.4 Å². The van der Waals surface area contributed by atoms with Gasteiger partial charge in [-0.2, -0.15) is 0 Å². The second kappa shape index (κ2) is 7.28. The number of esters is 1. The molecule has 0 spiro atoms. The number of hydrogen-bond donors (Lipinski definition) is 2. The number of rotatable bonds is 6. The zero-order valence-electron chi connectivity index (χ0n) is 13.6. The molecule has 124 valence electrons. The summed E-state index contributed by atoms with van der Waals surface area (Å²) in [6.07, 6.45) is 0. The molecule has 2 N–H and O–H groups in total. The minimum atomic E-state index is -0.540. The number of hydrogen-bond acceptors (Lipinski definition) is 5. The molecule has 0 aliphatic carbocycles. The Morgan fingerprint density at radius 3 is 2.78 bits per heavy atom. The molecular formula is C17H22N2O4. The molecule has 1 heterocycles. The van der Waals surface area contributed by atoms with Crippen molar-refractivity contribution in [2.24, 2.45) is 0 Å². The van der Waals surface area contributed by atoms with Crippen LogP contribution in [0.15, 0.2) is 35.5 Å². The highest BCUT2D eigenvalue weighted by molar-refractivity contribution is 6.08. The number of amides is 1. The fourth-order valence-electron chi connectivity index (χ4n) is 2.47. The van der Waals surface area contributed by atoms with Crippen LogP contribution < -0.4 is 5.32 Å². The Balaban J connectivity index is 2.31. The van der Waals surface area contributed by atoms with E-state index in [1.165, 1.54) is 12.0 Å². The quantitative estimate of drug-likeness (QED) is 0.777. The van der Waals surface area contributed by atoms with Gasteiger partial charge in [-0.05, 0) is 23.6 Å². The summed E-state index contributed by atoms with van der Waals surface area (Å²) >= 11 is 0. The molecule has 0 saturated carbocycles. The van der Waals surface area contributed by atoms with Crippen LogP contribution in [0.2, 0.25) is 0 Å². The van der Waals surface area contributed by atoms with Crippen molar-refractivity contribution in [3.05, 3.63) is 41.1 Å². The summed E-state index contributed by atoms with van der Waals surface area (Å²) in [6.45, 7) is 4.33. The highest BCUT2D eigenvalue weighted by Gasteiger charge is 2.34. The Morgan fingerprint density at radius 2 is 2.17 bits per heavy atom. The van der Waals surface area contributed by atoms with Crippen molar-refractivity contribution in [2.45, 2.75) is 19.8 Å². The molecule has 0 saturated heterocycles. The fourth-order valence-corrected chi connectivity index (χ4v) is 2.47. The van der Waals surface area contributed by atoms with E-state index in [1.54, 1.807) is 0 Å². The normalized spacial score (nSPS) is 14.7. The lowest BCUT2D eigenvalue weighted by Crippen LogP contribution is -2.31. The SMILES string of the molecule is COC(=O)C1=C(Nc2cccc(C(C)C)c2)C(=O)N(CCO)C1. The van der Waals surface area contributed by atoms with E-state index in [9.17, 15) is 9.59 Å². The maximum absolute atomic E-state index is 12.4. The van der Waals surface area contributed by atoms with Gasteiger partial charge in [0.05, 0.1) is 25.8 Å². The van der Waals surface area contributed by atoms with Crippen LogP contribution in [0.4, 0.5) is 5.69 Å². The molecule has 1 aromatic rings. The molecule has 0 bridgehead atoms. The number of nitrogens with zero attached hydrogens (tertiary/aromatic N) is 1.